The van der Waals surface area contributed by atoms with E-state index in [0.717, 1.165) is 30.1 Å². The summed E-state index contributed by atoms with van der Waals surface area (Å²) in [6.45, 7) is 0.934. The molecule has 2 aromatic carbocycles. The monoisotopic (exact) mass is 375 g/mol. The lowest BCUT2D eigenvalue weighted by Gasteiger charge is -2.23. The molecule has 0 bridgehead atoms. The van der Waals surface area contributed by atoms with E-state index < -0.39 is 0 Å². The smallest absolute Gasteiger partial charge is 0.234 e. The molecule has 0 aliphatic carbocycles. The molecule has 4 nitrogen and oxygen atoms in total. The van der Waals surface area contributed by atoms with Gasteiger partial charge in [0.1, 0.15) is 0 Å². The molecule has 0 atom stereocenters. The fraction of sp³-hybridized carbons (Fsp3) is 0.182. The number of pyridine rings is 1. The third-order valence-corrected chi connectivity index (χ3v) is 5.61. The van der Waals surface area contributed by atoms with Crippen molar-refractivity contribution in [3.63, 3.8) is 0 Å². The highest BCUT2D eigenvalue weighted by atomic mass is 32.2. The number of thioether (sulfide) groups is 1. The maximum absolute atomic E-state index is 12.5. The Bertz CT molecular complexity index is 930. The van der Waals surface area contributed by atoms with Crippen LogP contribution in [0, 0.1) is 0 Å². The first-order valence-electron chi connectivity index (χ1n) is 9.02. The molecule has 0 unspecified atom stereocenters. The number of benzene rings is 2. The van der Waals surface area contributed by atoms with E-state index in [0.29, 0.717) is 5.75 Å². The van der Waals surface area contributed by atoms with Gasteiger partial charge in [0.05, 0.1) is 17.1 Å². The van der Waals surface area contributed by atoms with E-state index in [1.165, 1.54) is 16.8 Å². The third-order valence-electron chi connectivity index (χ3n) is 4.61. The van der Waals surface area contributed by atoms with E-state index in [2.05, 4.69) is 45.5 Å². The van der Waals surface area contributed by atoms with Crippen molar-refractivity contribution in [1.29, 1.82) is 0 Å². The second kappa shape index (κ2) is 8.27. The molecule has 0 radical (unpaired) electrons. The van der Waals surface area contributed by atoms with Gasteiger partial charge in [0.25, 0.3) is 0 Å². The summed E-state index contributed by atoms with van der Waals surface area (Å²) in [5, 5.41) is 3.09. The minimum absolute atomic E-state index is 0.0222. The van der Waals surface area contributed by atoms with Gasteiger partial charge in [-0.05, 0) is 47.9 Å². The summed E-state index contributed by atoms with van der Waals surface area (Å²) in [5.41, 5.74) is 5.67. The van der Waals surface area contributed by atoms with Crippen LogP contribution in [0.1, 0.15) is 11.1 Å². The molecule has 1 aromatic heterocycles. The predicted octanol–water partition coefficient (Wildman–Crippen LogP) is 4.65. The van der Waals surface area contributed by atoms with E-state index in [9.17, 15) is 4.79 Å². The average molecular weight is 375 g/mol. The van der Waals surface area contributed by atoms with Crippen molar-refractivity contribution < 1.29 is 4.79 Å². The fourth-order valence-corrected chi connectivity index (χ4v) is 4.12. The number of fused-ring (bicyclic) bond motifs is 1. The molecule has 1 N–H and O–H groups in total. The van der Waals surface area contributed by atoms with Gasteiger partial charge < -0.3 is 10.2 Å². The van der Waals surface area contributed by atoms with Crippen molar-refractivity contribution in [3.8, 4) is 0 Å². The van der Waals surface area contributed by atoms with Crippen LogP contribution in [0.3, 0.4) is 0 Å². The normalized spacial score (nSPS) is 12.7. The van der Waals surface area contributed by atoms with Crippen LogP contribution in [0.5, 0.6) is 0 Å². The Balaban J connectivity index is 1.42. The summed E-state index contributed by atoms with van der Waals surface area (Å²) in [4.78, 5) is 18.8. The number of aromatic nitrogens is 1. The Kier molecular flexibility index (Phi) is 5.39. The first-order valence-corrected chi connectivity index (χ1v) is 10.2. The Labute approximate surface area is 163 Å². The quantitative estimate of drug-likeness (QED) is 0.681. The van der Waals surface area contributed by atoms with Crippen LogP contribution in [0.2, 0.25) is 0 Å². The van der Waals surface area contributed by atoms with Crippen molar-refractivity contribution in [2.75, 3.05) is 22.5 Å². The number of para-hydroxylation sites is 3. The van der Waals surface area contributed by atoms with Crippen LogP contribution in [-0.2, 0) is 17.0 Å². The van der Waals surface area contributed by atoms with Crippen molar-refractivity contribution in [1.82, 2.24) is 4.98 Å². The van der Waals surface area contributed by atoms with Gasteiger partial charge in [0, 0.05) is 30.4 Å². The molecule has 1 aliphatic rings. The number of amides is 1. The zero-order chi connectivity index (χ0) is 18.5. The Morgan fingerprint density at radius 1 is 1.00 bits per heavy atom. The van der Waals surface area contributed by atoms with Crippen LogP contribution < -0.4 is 10.2 Å². The second-order valence-corrected chi connectivity index (χ2v) is 7.43. The first-order chi connectivity index (χ1) is 13.3. The molecule has 3 aromatic rings. The third kappa shape index (κ3) is 4.14. The molecule has 0 spiro atoms. The lowest BCUT2D eigenvalue weighted by atomic mass is 10.2. The molecular weight excluding hydrogens is 354 g/mol. The van der Waals surface area contributed by atoms with Crippen LogP contribution >= 0.6 is 11.8 Å². The number of nitrogens with zero attached hydrogens (tertiary/aromatic N) is 2. The van der Waals surface area contributed by atoms with Gasteiger partial charge >= 0.3 is 0 Å². The van der Waals surface area contributed by atoms with E-state index >= 15 is 0 Å². The lowest BCUT2D eigenvalue weighted by Crippen LogP contribution is -2.19. The maximum atomic E-state index is 12.5. The molecule has 1 amide bonds. The Hall–Kier alpha value is -2.79. The van der Waals surface area contributed by atoms with Gasteiger partial charge in [0.15, 0.2) is 0 Å². The van der Waals surface area contributed by atoms with Gasteiger partial charge in [-0.15, -0.1) is 11.8 Å². The summed E-state index contributed by atoms with van der Waals surface area (Å²) in [6, 6.07) is 20.4. The van der Waals surface area contributed by atoms with E-state index in [-0.39, 0.29) is 5.91 Å². The van der Waals surface area contributed by atoms with Crippen LogP contribution in [0.15, 0.2) is 73.1 Å². The van der Waals surface area contributed by atoms with Crippen molar-refractivity contribution in [2.45, 2.75) is 12.2 Å². The zero-order valence-electron chi connectivity index (χ0n) is 15.0. The molecule has 0 fully saturated rings. The van der Waals surface area contributed by atoms with Crippen molar-refractivity contribution in [3.05, 3.63) is 84.2 Å². The molecule has 1 aliphatic heterocycles. The van der Waals surface area contributed by atoms with E-state index in [1.807, 2.05) is 30.3 Å². The second-order valence-electron chi connectivity index (χ2n) is 6.44. The largest absolute Gasteiger partial charge is 0.339 e. The molecule has 136 valence electrons. The number of hydrogen-bond acceptors (Lipinski definition) is 4. The number of anilines is 3. The van der Waals surface area contributed by atoms with Gasteiger partial charge in [-0.1, -0.05) is 30.3 Å². The summed E-state index contributed by atoms with van der Waals surface area (Å²) in [7, 11) is 0. The SMILES string of the molecule is O=C(CSCc1ccncc1)Nc1ccccc1N1CCc2ccccc21. The Morgan fingerprint density at radius 2 is 1.74 bits per heavy atom. The summed E-state index contributed by atoms with van der Waals surface area (Å²) >= 11 is 1.61. The first kappa shape index (κ1) is 17.6. The molecule has 5 heteroatoms. The van der Waals surface area contributed by atoms with Gasteiger partial charge in [-0.3, -0.25) is 9.78 Å². The van der Waals surface area contributed by atoms with Crippen LogP contribution in [0.25, 0.3) is 0 Å². The number of nitrogens with one attached hydrogen (secondary N) is 1. The molecular formula is C22H21N3OS. The molecule has 0 saturated heterocycles. The molecule has 27 heavy (non-hydrogen) atoms. The van der Waals surface area contributed by atoms with Crippen LogP contribution in [0.4, 0.5) is 17.1 Å². The van der Waals surface area contributed by atoms with Crippen molar-refractivity contribution in [2.24, 2.45) is 0 Å². The zero-order valence-corrected chi connectivity index (χ0v) is 15.8. The summed E-state index contributed by atoms with van der Waals surface area (Å²) < 4.78 is 0. The van der Waals surface area contributed by atoms with E-state index in [1.54, 1.807) is 24.2 Å². The standard InChI is InChI=1S/C22H21N3OS/c26-22(16-27-15-17-9-12-23-13-10-17)24-19-6-2-4-8-21(19)25-14-11-18-5-1-3-7-20(18)25/h1-10,12-13H,11,14-16H2,(H,24,26). The Morgan fingerprint density at radius 3 is 2.59 bits per heavy atom. The molecule has 0 saturated carbocycles. The maximum Gasteiger partial charge on any atom is 0.234 e. The van der Waals surface area contributed by atoms with Gasteiger partial charge in [-0.25, -0.2) is 0 Å². The predicted molar refractivity (Wildman–Crippen MR) is 113 cm³/mol. The van der Waals surface area contributed by atoms with Gasteiger partial charge in [0.2, 0.25) is 5.91 Å². The highest BCUT2D eigenvalue weighted by molar-refractivity contribution is 7.99. The number of carbonyl (C=O) groups excluding carboxylic acids is 1. The van der Waals surface area contributed by atoms with Crippen molar-refractivity contribution >= 4 is 34.7 Å². The van der Waals surface area contributed by atoms with E-state index in [4.69, 9.17) is 0 Å². The fourth-order valence-electron chi connectivity index (χ4n) is 3.33. The summed E-state index contributed by atoms with van der Waals surface area (Å²) in [6.07, 6.45) is 4.58. The highest BCUT2D eigenvalue weighted by Crippen LogP contribution is 2.38. The van der Waals surface area contributed by atoms with Gasteiger partial charge in [-0.2, -0.15) is 0 Å². The highest BCUT2D eigenvalue weighted by Gasteiger charge is 2.22. The molecule has 2 heterocycles. The minimum atomic E-state index is 0.0222. The topological polar surface area (TPSA) is 45.2 Å². The number of carbonyl (C=O) groups is 1. The molecule has 4 rings (SSSR count). The summed E-state index contributed by atoms with van der Waals surface area (Å²) in [5.74, 6) is 1.25. The lowest BCUT2D eigenvalue weighted by molar-refractivity contribution is -0.113. The number of hydrogen-bond donors (Lipinski definition) is 1. The average Bonchev–Trinajstić information content (AvgIpc) is 3.13. The number of rotatable bonds is 6. The van der Waals surface area contributed by atoms with Crippen LogP contribution in [-0.4, -0.2) is 23.2 Å². The minimum Gasteiger partial charge on any atom is -0.339 e.